The largest absolute Gasteiger partial charge is 0.465 e. The number of amidine groups is 1. The number of fused-ring (bicyclic) bond motifs is 1. The summed E-state index contributed by atoms with van der Waals surface area (Å²) in [6.45, 7) is 2.07. The van der Waals surface area contributed by atoms with Crippen LogP contribution in [0.4, 0.5) is 10.1 Å². The van der Waals surface area contributed by atoms with Gasteiger partial charge in [-0.1, -0.05) is 5.16 Å². The number of aromatic nitrogens is 1. The minimum absolute atomic E-state index is 0.0564. The molecule has 1 aliphatic heterocycles. The van der Waals surface area contributed by atoms with Gasteiger partial charge in [0, 0.05) is 28.1 Å². The molecule has 0 bridgehead atoms. The fourth-order valence-corrected chi connectivity index (χ4v) is 4.26. The summed E-state index contributed by atoms with van der Waals surface area (Å²) >= 11 is 5.78. The number of halogens is 2. The zero-order valence-electron chi connectivity index (χ0n) is 13.7. The molecule has 2 aromatic rings. The highest BCUT2D eigenvalue weighted by molar-refractivity contribution is 6.30. The minimum atomic E-state index is -0.673. The van der Waals surface area contributed by atoms with Gasteiger partial charge in [0.2, 0.25) is 5.22 Å². The van der Waals surface area contributed by atoms with Crippen molar-refractivity contribution in [2.75, 3.05) is 11.9 Å². The summed E-state index contributed by atoms with van der Waals surface area (Å²) in [4.78, 5) is 16.8. The summed E-state index contributed by atoms with van der Waals surface area (Å²) in [7, 11) is 0. The Labute approximate surface area is 152 Å². The van der Waals surface area contributed by atoms with Crippen molar-refractivity contribution >= 4 is 29.2 Å². The lowest BCUT2D eigenvalue weighted by atomic mass is 9.88. The molecule has 5 rings (SSSR count). The number of hydrogen-bond donors (Lipinski definition) is 2. The van der Waals surface area contributed by atoms with Gasteiger partial charge in [0.05, 0.1) is 0 Å². The molecule has 1 amide bonds. The van der Waals surface area contributed by atoms with E-state index in [1.165, 1.54) is 12.1 Å². The molecule has 2 saturated carbocycles. The van der Waals surface area contributed by atoms with Crippen LogP contribution in [0.1, 0.15) is 28.0 Å². The SMILES string of the molecule is Cc1c(C(=O)Nc2ccc(F)c([C@@]34N=C(N)OCC35CC54)c2)noc1Cl. The number of benzene rings is 1. The van der Waals surface area contributed by atoms with Crippen molar-refractivity contribution in [3.05, 3.63) is 46.1 Å². The molecule has 0 radical (unpaired) electrons. The summed E-state index contributed by atoms with van der Waals surface area (Å²) in [5.41, 5.74) is 6.27. The smallest absolute Gasteiger partial charge is 0.282 e. The number of ether oxygens (including phenoxy) is 1. The minimum Gasteiger partial charge on any atom is -0.465 e. The number of rotatable bonds is 3. The van der Waals surface area contributed by atoms with E-state index in [0.29, 0.717) is 23.4 Å². The molecule has 2 heterocycles. The monoisotopic (exact) mass is 376 g/mol. The van der Waals surface area contributed by atoms with E-state index in [2.05, 4.69) is 15.5 Å². The Morgan fingerprint density at radius 2 is 2.31 bits per heavy atom. The molecular formula is C17H14ClFN4O3. The van der Waals surface area contributed by atoms with Crippen LogP contribution in [0.2, 0.25) is 5.22 Å². The summed E-state index contributed by atoms with van der Waals surface area (Å²) in [6.07, 6.45) is 0.941. The van der Waals surface area contributed by atoms with Crippen molar-refractivity contribution in [1.29, 1.82) is 0 Å². The van der Waals surface area contributed by atoms with E-state index in [0.717, 1.165) is 6.42 Å². The van der Waals surface area contributed by atoms with E-state index in [-0.39, 0.29) is 34.1 Å². The number of nitrogens with zero attached hydrogens (tertiary/aromatic N) is 2. The Kier molecular flexibility index (Phi) is 2.86. The van der Waals surface area contributed by atoms with E-state index in [9.17, 15) is 9.18 Å². The molecular weight excluding hydrogens is 363 g/mol. The molecule has 9 heteroatoms. The number of hydrogen-bond acceptors (Lipinski definition) is 6. The molecule has 3 atom stereocenters. The molecule has 134 valence electrons. The van der Waals surface area contributed by atoms with Gasteiger partial charge in [-0.3, -0.25) is 4.79 Å². The van der Waals surface area contributed by atoms with E-state index in [4.69, 9.17) is 26.6 Å². The van der Waals surface area contributed by atoms with Crippen molar-refractivity contribution in [2.24, 2.45) is 22.1 Å². The van der Waals surface area contributed by atoms with Crippen LogP contribution in [0.5, 0.6) is 0 Å². The predicted octanol–water partition coefficient (Wildman–Crippen LogP) is 2.59. The van der Waals surface area contributed by atoms with E-state index < -0.39 is 11.4 Å². The van der Waals surface area contributed by atoms with E-state index in [1.807, 2.05) is 0 Å². The first-order chi connectivity index (χ1) is 12.4. The Bertz CT molecular complexity index is 1010. The molecule has 0 saturated heterocycles. The first-order valence-corrected chi connectivity index (χ1v) is 8.48. The van der Waals surface area contributed by atoms with Crippen LogP contribution in [0.3, 0.4) is 0 Å². The number of aliphatic imine (C=N–C) groups is 1. The maximum atomic E-state index is 14.6. The van der Waals surface area contributed by atoms with Gasteiger partial charge in [0.25, 0.3) is 11.9 Å². The second-order valence-electron chi connectivity index (χ2n) is 7.00. The zero-order chi connectivity index (χ0) is 18.3. The summed E-state index contributed by atoms with van der Waals surface area (Å²) in [5, 5.41) is 6.40. The third-order valence-corrected chi connectivity index (χ3v) is 6.09. The van der Waals surface area contributed by atoms with E-state index >= 15 is 0 Å². The quantitative estimate of drug-likeness (QED) is 0.857. The lowest BCUT2D eigenvalue weighted by Gasteiger charge is -2.29. The van der Waals surface area contributed by atoms with Crippen molar-refractivity contribution in [3.8, 4) is 0 Å². The van der Waals surface area contributed by atoms with Crippen molar-refractivity contribution < 1.29 is 18.4 Å². The Morgan fingerprint density at radius 1 is 1.50 bits per heavy atom. The Morgan fingerprint density at radius 3 is 3.00 bits per heavy atom. The lowest BCUT2D eigenvalue weighted by Crippen LogP contribution is -2.35. The third kappa shape index (κ3) is 1.79. The fraction of sp³-hybridized carbons (Fsp3) is 0.353. The fourth-order valence-electron chi connectivity index (χ4n) is 4.14. The Balaban J connectivity index is 1.48. The average molecular weight is 377 g/mol. The predicted molar refractivity (Wildman–Crippen MR) is 90.4 cm³/mol. The highest BCUT2D eigenvalue weighted by atomic mass is 35.5. The normalized spacial score (nSPS) is 30.6. The summed E-state index contributed by atoms with van der Waals surface area (Å²) < 4.78 is 24.7. The number of amides is 1. The van der Waals surface area contributed by atoms with Gasteiger partial charge in [-0.25, -0.2) is 9.38 Å². The molecule has 2 unspecified atom stereocenters. The first kappa shape index (κ1) is 15.6. The van der Waals surface area contributed by atoms with Crippen LogP contribution in [0, 0.1) is 24.1 Å². The molecule has 3 N–H and O–H groups in total. The van der Waals surface area contributed by atoms with Gasteiger partial charge in [-0.05, 0) is 43.1 Å². The molecule has 3 aliphatic rings. The van der Waals surface area contributed by atoms with Crippen LogP contribution in [-0.4, -0.2) is 23.7 Å². The van der Waals surface area contributed by atoms with Gasteiger partial charge in [0.15, 0.2) is 5.69 Å². The van der Waals surface area contributed by atoms with Crippen LogP contribution in [0.25, 0.3) is 0 Å². The topological polar surface area (TPSA) is 103 Å². The van der Waals surface area contributed by atoms with Gasteiger partial charge in [0.1, 0.15) is 18.0 Å². The lowest BCUT2D eigenvalue weighted by molar-refractivity contribution is 0.101. The molecule has 1 spiro atoms. The molecule has 2 aliphatic carbocycles. The molecule has 2 fully saturated rings. The molecule has 1 aromatic heterocycles. The summed E-state index contributed by atoms with van der Waals surface area (Å²) in [5.74, 6) is -0.638. The maximum absolute atomic E-state index is 14.6. The zero-order valence-corrected chi connectivity index (χ0v) is 14.4. The first-order valence-electron chi connectivity index (χ1n) is 8.10. The van der Waals surface area contributed by atoms with Crippen LogP contribution >= 0.6 is 11.6 Å². The van der Waals surface area contributed by atoms with E-state index in [1.54, 1.807) is 13.0 Å². The molecule has 1 aromatic carbocycles. The van der Waals surface area contributed by atoms with Crippen molar-refractivity contribution in [1.82, 2.24) is 5.16 Å². The second-order valence-corrected chi connectivity index (χ2v) is 7.34. The van der Waals surface area contributed by atoms with Crippen LogP contribution in [0.15, 0.2) is 27.7 Å². The van der Waals surface area contributed by atoms with Gasteiger partial charge in [-0.15, -0.1) is 0 Å². The average Bonchev–Trinajstić information content (AvgIpc) is 3.43. The maximum Gasteiger partial charge on any atom is 0.282 e. The van der Waals surface area contributed by atoms with Crippen molar-refractivity contribution in [2.45, 2.75) is 18.9 Å². The van der Waals surface area contributed by atoms with Gasteiger partial charge >= 0.3 is 0 Å². The van der Waals surface area contributed by atoms with Crippen molar-refractivity contribution in [3.63, 3.8) is 0 Å². The summed E-state index contributed by atoms with van der Waals surface area (Å²) in [6, 6.07) is 4.47. The van der Waals surface area contributed by atoms with Gasteiger partial charge < -0.3 is 20.3 Å². The number of carbonyl (C=O) groups is 1. The highest BCUT2D eigenvalue weighted by Gasteiger charge is 2.92. The van der Waals surface area contributed by atoms with Crippen LogP contribution in [-0.2, 0) is 10.3 Å². The van der Waals surface area contributed by atoms with Crippen LogP contribution < -0.4 is 11.1 Å². The number of nitrogens with one attached hydrogen (secondary N) is 1. The standard InChI is InChI=1S/C17H14ClFN4O3/c1-7-12(23-26-13(7)18)14(24)21-8-2-3-10(19)9(4-8)17-11-5-16(11,17)6-25-15(20)22-17/h2-4,11H,5-6H2,1H3,(H2,20,22)(H,21,24)/t11?,16?,17-/m0/s1. The third-order valence-electron chi connectivity index (χ3n) is 5.74. The Hall–Kier alpha value is -2.61. The molecule has 7 nitrogen and oxygen atoms in total. The number of anilines is 1. The highest BCUT2D eigenvalue weighted by Crippen LogP contribution is 2.89. The number of nitrogens with two attached hydrogens (primary N) is 1. The number of carbonyl (C=O) groups excluding carboxylic acids is 1. The second kappa shape index (κ2) is 4.76. The molecule has 26 heavy (non-hydrogen) atoms. The van der Waals surface area contributed by atoms with Gasteiger partial charge in [-0.2, -0.15) is 0 Å².